The summed E-state index contributed by atoms with van der Waals surface area (Å²) in [5.41, 5.74) is 8.38. The summed E-state index contributed by atoms with van der Waals surface area (Å²) >= 11 is 0. The van der Waals surface area contributed by atoms with Crippen molar-refractivity contribution in [3.63, 3.8) is 0 Å². The van der Waals surface area contributed by atoms with E-state index in [1.165, 1.54) is 13.3 Å². The van der Waals surface area contributed by atoms with Gasteiger partial charge >= 0.3 is 11.7 Å². The van der Waals surface area contributed by atoms with Gasteiger partial charge in [0, 0.05) is 18.0 Å². The average molecular weight is 476 g/mol. The van der Waals surface area contributed by atoms with Gasteiger partial charge < -0.3 is 14.9 Å². The molecule has 0 saturated heterocycles. The van der Waals surface area contributed by atoms with E-state index in [4.69, 9.17) is 14.9 Å². The summed E-state index contributed by atoms with van der Waals surface area (Å²) < 4.78 is 12.6. The molecule has 0 unspecified atom stereocenters. The minimum Gasteiger partial charge on any atom is -0.464 e. The molecule has 0 radical (unpaired) electrons. The Morgan fingerprint density at radius 1 is 1.06 bits per heavy atom. The molecule has 2 N–H and O–H groups in total. The number of ether oxygens (including phenoxy) is 1. The Hall–Kier alpha value is -4.40. The van der Waals surface area contributed by atoms with E-state index in [1.807, 2.05) is 32.0 Å². The van der Waals surface area contributed by atoms with Crippen LogP contribution in [0.25, 0.3) is 11.0 Å². The Kier molecular flexibility index (Phi) is 6.42. The third kappa shape index (κ3) is 4.65. The van der Waals surface area contributed by atoms with E-state index in [2.05, 4.69) is 0 Å². The van der Waals surface area contributed by atoms with Gasteiger partial charge in [-0.2, -0.15) is 0 Å². The first-order valence-electron chi connectivity index (χ1n) is 11.0. The number of aromatic nitrogens is 2. The molecule has 35 heavy (non-hydrogen) atoms. The standard InChI is InChI=1S/C26H25N3O6/c1-15-9-19-18(13-34-21(19)10-16(15)2)11-22(31)35-14-20(30)23-24(27)29(26(33)28(3)25(23)32)12-17-7-5-4-6-8-17/h4-10,13H,11-12,14,27H2,1-3H3. The van der Waals surface area contributed by atoms with Gasteiger partial charge in [0.1, 0.15) is 17.0 Å². The van der Waals surface area contributed by atoms with Crippen LogP contribution in [0, 0.1) is 13.8 Å². The molecule has 0 amide bonds. The monoisotopic (exact) mass is 475 g/mol. The molecule has 0 fully saturated rings. The van der Waals surface area contributed by atoms with Crippen molar-refractivity contribution in [2.45, 2.75) is 26.8 Å². The third-order valence-electron chi connectivity index (χ3n) is 6.01. The maximum absolute atomic E-state index is 12.9. The quantitative estimate of drug-likeness (QED) is 0.321. The normalized spacial score (nSPS) is 11.1. The smallest absolute Gasteiger partial charge is 0.332 e. The highest BCUT2D eigenvalue weighted by Crippen LogP contribution is 2.25. The number of carbonyl (C=O) groups excluding carboxylic acids is 2. The molecule has 0 bridgehead atoms. The Bertz CT molecular complexity index is 1560. The molecular weight excluding hydrogens is 450 g/mol. The van der Waals surface area contributed by atoms with Crippen LogP contribution in [0.1, 0.15) is 32.6 Å². The average Bonchev–Trinajstić information content (AvgIpc) is 3.21. The highest BCUT2D eigenvalue weighted by molar-refractivity contribution is 6.01. The minimum absolute atomic E-state index is 0.0755. The van der Waals surface area contributed by atoms with Gasteiger partial charge in [0.2, 0.25) is 5.78 Å². The number of aryl methyl sites for hydroxylation is 2. The highest BCUT2D eigenvalue weighted by Gasteiger charge is 2.23. The molecule has 4 rings (SSSR count). The molecule has 9 nitrogen and oxygen atoms in total. The van der Waals surface area contributed by atoms with Crippen molar-refractivity contribution in [3.8, 4) is 0 Å². The van der Waals surface area contributed by atoms with Crippen molar-refractivity contribution in [1.29, 1.82) is 0 Å². The first kappa shape index (κ1) is 23.7. The molecule has 0 spiro atoms. The Morgan fingerprint density at radius 3 is 2.46 bits per heavy atom. The number of Topliss-reactive ketones (excluding diaryl/α,β-unsaturated/α-hetero) is 1. The van der Waals surface area contributed by atoms with Gasteiger partial charge in [-0.15, -0.1) is 0 Å². The van der Waals surface area contributed by atoms with E-state index in [0.29, 0.717) is 11.1 Å². The topological polar surface area (TPSA) is 127 Å². The van der Waals surface area contributed by atoms with Gasteiger partial charge in [-0.1, -0.05) is 30.3 Å². The molecular formula is C26H25N3O6. The fraction of sp³-hybridized carbons (Fsp3) is 0.231. The van der Waals surface area contributed by atoms with Crippen LogP contribution < -0.4 is 17.0 Å². The van der Waals surface area contributed by atoms with Crippen molar-refractivity contribution in [2.24, 2.45) is 7.05 Å². The summed E-state index contributed by atoms with van der Waals surface area (Å²) in [6, 6.07) is 12.8. The molecule has 9 heteroatoms. The van der Waals surface area contributed by atoms with Crippen LogP contribution in [0.4, 0.5) is 5.82 Å². The molecule has 4 aromatic rings. The maximum Gasteiger partial charge on any atom is 0.332 e. The maximum atomic E-state index is 12.9. The molecule has 0 aliphatic heterocycles. The van der Waals surface area contributed by atoms with Crippen LogP contribution in [0.15, 0.2) is 62.7 Å². The number of benzene rings is 2. The first-order valence-corrected chi connectivity index (χ1v) is 11.0. The number of esters is 1. The Balaban J connectivity index is 1.53. The fourth-order valence-electron chi connectivity index (χ4n) is 3.86. The van der Waals surface area contributed by atoms with Crippen LogP contribution in [-0.2, 0) is 29.5 Å². The van der Waals surface area contributed by atoms with Crippen molar-refractivity contribution >= 4 is 28.5 Å². The van der Waals surface area contributed by atoms with Crippen LogP contribution in [0.5, 0.6) is 0 Å². The summed E-state index contributed by atoms with van der Waals surface area (Å²) in [6.07, 6.45) is 1.38. The van der Waals surface area contributed by atoms with E-state index in [9.17, 15) is 19.2 Å². The largest absolute Gasteiger partial charge is 0.464 e. The van der Waals surface area contributed by atoms with Crippen LogP contribution in [-0.4, -0.2) is 27.5 Å². The Labute approximate surface area is 200 Å². The van der Waals surface area contributed by atoms with Crippen molar-refractivity contribution in [2.75, 3.05) is 12.3 Å². The molecule has 0 aliphatic carbocycles. The molecule has 0 saturated carbocycles. The number of hydrogen-bond donors (Lipinski definition) is 1. The number of fused-ring (bicyclic) bond motifs is 1. The number of furan rings is 1. The lowest BCUT2D eigenvalue weighted by Crippen LogP contribution is -2.43. The number of nitrogens with two attached hydrogens (primary N) is 1. The number of carbonyl (C=O) groups is 2. The number of nitrogens with zero attached hydrogens (tertiary/aromatic N) is 2. The molecule has 0 aliphatic rings. The second-order valence-electron chi connectivity index (χ2n) is 8.43. The van der Waals surface area contributed by atoms with Crippen LogP contribution in [0.3, 0.4) is 0 Å². The lowest BCUT2D eigenvalue weighted by molar-refractivity contribution is -0.141. The zero-order valence-corrected chi connectivity index (χ0v) is 19.7. The molecule has 180 valence electrons. The number of hydrogen-bond acceptors (Lipinski definition) is 7. The zero-order chi connectivity index (χ0) is 25.3. The Morgan fingerprint density at radius 2 is 1.74 bits per heavy atom. The van der Waals surface area contributed by atoms with Crippen LogP contribution >= 0.6 is 0 Å². The van der Waals surface area contributed by atoms with Crippen LogP contribution in [0.2, 0.25) is 0 Å². The predicted molar refractivity (Wildman–Crippen MR) is 131 cm³/mol. The second-order valence-corrected chi connectivity index (χ2v) is 8.43. The minimum atomic E-state index is -0.843. The highest BCUT2D eigenvalue weighted by atomic mass is 16.5. The van der Waals surface area contributed by atoms with E-state index < -0.39 is 35.2 Å². The first-order chi connectivity index (χ1) is 16.7. The number of nitrogen functional groups attached to an aromatic ring is 1. The number of anilines is 1. The van der Waals surface area contributed by atoms with Gasteiger partial charge in [-0.25, -0.2) is 4.79 Å². The SMILES string of the molecule is Cc1cc2occ(CC(=O)OCC(=O)c3c(N)n(Cc4ccccc4)c(=O)n(C)c3=O)c2cc1C. The number of ketones is 1. The van der Waals surface area contributed by atoms with Gasteiger partial charge in [0.15, 0.2) is 6.61 Å². The molecule has 2 aromatic carbocycles. The lowest BCUT2D eigenvalue weighted by atomic mass is 10.0. The molecule has 0 atom stereocenters. The van der Waals surface area contributed by atoms with Crippen molar-refractivity contribution in [3.05, 3.63) is 97.4 Å². The summed E-state index contributed by atoms with van der Waals surface area (Å²) in [5, 5.41) is 0.794. The molecule has 2 heterocycles. The van der Waals surface area contributed by atoms with Crippen molar-refractivity contribution < 1.29 is 18.7 Å². The zero-order valence-electron chi connectivity index (χ0n) is 19.7. The third-order valence-corrected chi connectivity index (χ3v) is 6.01. The summed E-state index contributed by atoms with van der Waals surface area (Å²) in [6.45, 7) is 3.32. The van der Waals surface area contributed by atoms with Gasteiger partial charge in [-0.05, 0) is 42.7 Å². The lowest BCUT2D eigenvalue weighted by Gasteiger charge is -2.14. The van der Waals surface area contributed by atoms with E-state index >= 15 is 0 Å². The summed E-state index contributed by atoms with van der Waals surface area (Å²) in [4.78, 5) is 50.6. The van der Waals surface area contributed by atoms with E-state index in [-0.39, 0.29) is 18.8 Å². The number of rotatable bonds is 7. The van der Waals surface area contributed by atoms with E-state index in [0.717, 1.165) is 31.2 Å². The predicted octanol–water partition coefficient (Wildman–Crippen LogP) is 2.51. The molecule has 2 aromatic heterocycles. The second kappa shape index (κ2) is 9.46. The summed E-state index contributed by atoms with van der Waals surface area (Å²) in [5.74, 6) is -1.72. The van der Waals surface area contributed by atoms with Gasteiger partial charge in [0.25, 0.3) is 5.56 Å². The van der Waals surface area contributed by atoms with Crippen molar-refractivity contribution in [1.82, 2.24) is 9.13 Å². The summed E-state index contributed by atoms with van der Waals surface area (Å²) in [7, 11) is 1.27. The van der Waals surface area contributed by atoms with Gasteiger partial charge in [0.05, 0.1) is 19.2 Å². The van der Waals surface area contributed by atoms with Gasteiger partial charge in [-0.3, -0.25) is 23.5 Å². The van der Waals surface area contributed by atoms with E-state index in [1.54, 1.807) is 24.3 Å². The fourth-order valence-corrected chi connectivity index (χ4v) is 3.86.